The lowest BCUT2D eigenvalue weighted by atomic mass is 10.00. The molecule has 0 radical (unpaired) electrons. The van der Waals surface area contributed by atoms with Gasteiger partial charge in [-0.3, -0.25) is 0 Å². The fourth-order valence-corrected chi connectivity index (χ4v) is 2.15. The molecular formula is C15H19N3O. The van der Waals surface area contributed by atoms with Crippen LogP contribution in [0.3, 0.4) is 0 Å². The number of anilines is 1. The van der Waals surface area contributed by atoms with Gasteiger partial charge in [-0.15, -0.1) is 0 Å². The zero-order chi connectivity index (χ0) is 14.2. The van der Waals surface area contributed by atoms with E-state index in [4.69, 9.17) is 10.5 Å². The monoisotopic (exact) mass is 257 g/mol. The van der Waals surface area contributed by atoms with E-state index in [1.807, 2.05) is 26.8 Å². The molecular weight excluding hydrogens is 238 g/mol. The third-order valence-electron chi connectivity index (χ3n) is 3.43. The van der Waals surface area contributed by atoms with E-state index < -0.39 is 0 Å². The van der Waals surface area contributed by atoms with Crippen LogP contribution in [0.15, 0.2) is 12.1 Å². The first-order valence-electron chi connectivity index (χ1n) is 6.21. The molecule has 0 aliphatic rings. The van der Waals surface area contributed by atoms with Gasteiger partial charge in [-0.05, 0) is 44.9 Å². The number of nitrogens with zero attached hydrogens (tertiary/aromatic N) is 2. The summed E-state index contributed by atoms with van der Waals surface area (Å²) < 4.78 is 5.54. The molecule has 0 saturated carbocycles. The van der Waals surface area contributed by atoms with Gasteiger partial charge in [0.25, 0.3) is 0 Å². The minimum Gasteiger partial charge on any atom is -0.496 e. The Morgan fingerprint density at radius 1 is 1.00 bits per heavy atom. The van der Waals surface area contributed by atoms with Gasteiger partial charge in [0, 0.05) is 11.1 Å². The van der Waals surface area contributed by atoms with Gasteiger partial charge in [0.15, 0.2) is 0 Å². The first-order valence-corrected chi connectivity index (χ1v) is 6.21. The quantitative estimate of drug-likeness (QED) is 0.898. The normalized spacial score (nSPS) is 10.6. The van der Waals surface area contributed by atoms with Gasteiger partial charge in [0.05, 0.1) is 12.8 Å². The molecule has 0 amide bonds. The molecule has 0 saturated heterocycles. The molecule has 2 aromatic rings. The predicted octanol–water partition coefficient (Wildman–Crippen LogP) is 2.97. The lowest BCUT2D eigenvalue weighted by molar-refractivity contribution is 0.413. The summed E-state index contributed by atoms with van der Waals surface area (Å²) >= 11 is 0. The Balaban J connectivity index is 2.76. The van der Waals surface area contributed by atoms with Crippen molar-refractivity contribution in [3.63, 3.8) is 0 Å². The van der Waals surface area contributed by atoms with Gasteiger partial charge < -0.3 is 10.5 Å². The van der Waals surface area contributed by atoms with Gasteiger partial charge >= 0.3 is 0 Å². The molecule has 4 nitrogen and oxygen atoms in total. The molecule has 0 atom stereocenters. The topological polar surface area (TPSA) is 61.0 Å². The number of hydrogen-bond donors (Lipinski definition) is 1. The van der Waals surface area contributed by atoms with Crippen LogP contribution in [0.2, 0.25) is 0 Å². The third kappa shape index (κ3) is 2.26. The van der Waals surface area contributed by atoms with Gasteiger partial charge in [0.2, 0.25) is 0 Å². The highest BCUT2D eigenvalue weighted by atomic mass is 16.5. The maximum Gasteiger partial charge on any atom is 0.131 e. The van der Waals surface area contributed by atoms with E-state index in [0.717, 1.165) is 28.1 Å². The standard InChI is InChI=1S/C15H19N3O/c1-8-6-7-12(14(19-5)9(8)2)13-10(3)15(16)18-11(4)17-13/h6-7H,1-5H3,(H2,16,17,18). The van der Waals surface area contributed by atoms with Crippen molar-refractivity contribution in [2.24, 2.45) is 0 Å². The van der Waals surface area contributed by atoms with E-state index in [1.54, 1.807) is 7.11 Å². The second-order valence-corrected chi connectivity index (χ2v) is 4.72. The van der Waals surface area contributed by atoms with Crippen LogP contribution in [0.1, 0.15) is 22.5 Å². The number of nitrogens with two attached hydrogens (primary N) is 1. The summed E-state index contributed by atoms with van der Waals surface area (Å²) in [6, 6.07) is 4.09. The minimum atomic E-state index is 0.516. The molecule has 0 aliphatic heterocycles. The summed E-state index contributed by atoms with van der Waals surface area (Å²) in [6.07, 6.45) is 0. The number of rotatable bonds is 2. The van der Waals surface area contributed by atoms with Gasteiger partial charge in [-0.1, -0.05) is 6.07 Å². The Morgan fingerprint density at radius 3 is 2.32 bits per heavy atom. The lowest BCUT2D eigenvalue weighted by Crippen LogP contribution is -2.03. The summed E-state index contributed by atoms with van der Waals surface area (Å²) in [6.45, 7) is 7.88. The minimum absolute atomic E-state index is 0.516. The zero-order valence-electron chi connectivity index (χ0n) is 12.0. The molecule has 1 aromatic carbocycles. The summed E-state index contributed by atoms with van der Waals surface area (Å²) in [5.74, 6) is 2.03. The van der Waals surface area contributed by atoms with Gasteiger partial charge in [-0.25, -0.2) is 9.97 Å². The van der Waals surface area contributed by atoms with Crippen molar-refractivity contribution in [1.29, 1.82) is 0 Å². The zero-order valence-corrected chi connectivity index (χ0v) is 12.0. The van der Waals surface area contributed by atoms with Crippen LogP contribution in [-0.4, -0.2) is 17.1 Å². The van der Waals surface area contributed by atoms with E-state index in [-0.39, 0.29) is 0 Å². The molecule has 1 aromatic heterocycles. The fraction of sp³-hybridized carbons (Fsp3) is 0.333. The Morgan fingerprint density at radius 2 is 1.68 bits per heavy atom. The largest absolute Gasteiger partial charge is 0.496 e. The average Bonchev–Trinajstić information content (AvgIpc) is 2.37. The van der Waals surface area contributed by atoms with Crippen molar-refractivity contribution in [3.8, 4) is 17.0 Å². The van der Waals surface area contributed by atoms with Crippen LogP contribution in [0.25, 0.3) is 11.3 Å². The predicted molar refractivity (Wildman–Crippen MR) is 77.4 cm³/mol. The van der Waals surface area contributed by atoms with E-state index >= 15 is 0 Å². The Labute approximate surface area is 113 Å². The van der Waals surface area contributed by atoms with Crippen LogP contribution >= 0.6 is 0 Å². The first-order chi connectivity index (χ1) is 8.95. The van der Waals surface area contributed by atoms with Crippen LogP contribution < -0.4 is 10.5 Å². The molecule has 19 heavy (non-hydrogen) atoms. The molecule has 0 bridgehead atoms. The number of nitrogen functional groups attached to an aromatic ring is 1. The van der Waals surface area contributed by atoms with Crippen LogP contribution in [0.4, 0.5) is 5.82 Å². The van der Waals surface area contributed by atoms with E-state index in [0.29, 0.717) is 11.6 Å². The molecule has 2 N–H and O–H groups in total. The lowest BCUT2D eigenvalue weighted by Gasteiger charge is -2.15. The highest BCUT2D eigenvalue weighted by molar-refractivity contribution is 5.74. The molecule has 0 fully saturated rings. The number of ether oxygens (including phenoxy) is 1. The fourth-order valence-electron chi connectivity index (χ4n) is 2.15. The molecule has 1 heterocycles. The van der Waals surface area contributed by atoms with Crippen molar-refractivity contribution in [3.05, 3.63) is 34.6 Å². The van der Waals surface area contributed by atoms with Gasteiger partial charge in [-0.2, -0.15) is 0 Å². The third-order valence-corrected chi connectivity index (χ3v) is 3.43. The number of methoxy groups -OCH3 is 1. The number of aromatic nitrogens is 2. The maximum atomic E-state index is 5.93. The summed E-state index contributed by atoms with van der Waals surface area (Å²) in [5.41, 5.74) is 10.9. The Hall–Kier alpha value is -2.10. The summed E-state index contributed by atoms with van der Waals surface area (Å²) in [5, 5.41) is 0. The van der Waals surface area contributed by atoms with Crippen LogP contribution in [-0.2, 0) is 0 Å². The van der Waals surface area contributed by atoms with Crippen LogP contribution in [0.5, 0.6) is 5.75 Å². The van der Waals surface area contributed by atoms with E-state index in [1.165, 1.54) is 5.56 Å². The van der Waals surface area contributed by atoms with Crippen LogP contribution in [0, 0.1) is 27.7 Å². The van der Waals surface area contributed by atoms with Crippen molar-refractivity contribution >= 4 is 5.82 Å². The number of hydrogen-bond acceptors (Lipinski definition) is 4. The molecule has 0 unspecified atom stereocenters. The average molecular weight is 257 g/mol. The summed E-state index contributed by atoms with van der Waals surface area (Å²) in [4.78, 5) is 8.69. The van der Waals surface area contributed by atoms with E-state index in [9.17, 15) is 0 Å². The van der Waals surface area contributed by atoms with E-state index in [2.05, 4.69) is 23.0 Å². The van der Waals surface area contributed by atoms with Crippen molar-refractivity contribution in [2.75, 3.05) is 12.8 Å². The van der Waals surface area contributed by atoms with Crippen molar-refractivity contribution in [1.82, 2.24) is 9.97 Å². The highest BCUT2D eigenvalue weighted by Gasteiger charge is 2.15. The second-order valence-electron chi connectivity index (χ2n) is 4.72. The summed E-state index contributed by atoms with van der Waals surface area (Å²) in [7, 11) is 1.68. The van der Waals surface area contributed by atoms with Gasteiger partial charge in [0.1, 0.15) is 17.4 Å². The molecule has 2 rings (SSSR count). The Kier molecular flexibility index (Phi) is 3.42. The highest BCUT2D eigenvalue weighted by Crippen LogP contribution is 2.35. The first kappa shape index (κ1) is 13.3. The number of aryl methyl sites for hydroxylation is 2. The van der Waals surface area contributed by atoms with Crippen molar-refractivity contribution < 1.29 is 4.74 Å². The smallest absolute Gasteiger partial charge is 0.131 e. The Bertz CT molecular complexity index is 636. The van der Waals surface area contributed by atoms with Crippen molar-refractivity contribution in [2.45, 2.75) is 27.7 Å². The molecule has 0 spiro atoms. The second kappa shape index (κ2) is 4.88. The molecule has 0 aliphatic carbocycles. The molecule has 4 heteroatoms. The maximum absolute atomic E-state index is 5.93. The molecule has 100 valence electrons. The SMILES string of the molecule is COc1c(-c2nc(C)nc(N)c2C)ccc(C)c1C. The number of benzene rings is 1.